The zero-order valence-electron chi connectivity index (χ0n) is 28.3. The molecule has 3 atom stereocenters. The van der Waals surface area contributed by atoms with E-state index < -0.39 is 72.5 Å². The standard InChI is InChI=1S/C34H47N5O9/c1-21(2)16-27(32(45)47-6)38-31(44)26(17-22-10-8-7-9-11-22)37-29(42)20-35-28(41)19-36-30(43)25(39-33(46)48-34(3,4)5)18-23-12-14-24(40)15-13-23/h7-15,21,25-27,40H,16-20H2,1-6H3,(H,35,41)(H,36,43)(H,37,42)(H,38,44)(H,39,46)/t25-,26-,27-/m0/s1. The van der Waals surface area contributed by atoms with E-state index in [1.165, 1.54) is 19.2 Å². The van der Waals surface area contributed by atoms with Crippen LogP contribution in [0.3, 0.4) is 0 Å². The van der Waals surface area contributed by atoms with Gasteiger partial charge in [-0.2, -0.15) is 0 Å². The van der Waals surface area contributed by atoms with Gasteiger partial charge in [0.15, 0.2) is 0 Å². The maximum atomic E-state index is 13.3. The van der Waals surface area contributed by atoms with Gasteiger partial charge in [-0.25, -0.2) is 9.59 Å². The Labute approximate surface area is 280 Å². The number of methoxy groups -OCH3 is 1. The average molecular weight is 670 g/mol. The molecule has 0 heterocycles. The fourth-order valence-corrected chi connectivity index (χ4v) is 4.46. The van der Waals surface area contributed by atoms with Crippen molar-refractivity contribution in [3.8, 4) is 5.75 Å². The van der Waals surface area contributed by atoms with Crippen LogP contribution in [-0.2, 0) is 46.3 Å². The van der Waals surface area contributed by atoms with Gasteiger partial charge in [0.2, 0.25) is 23.6 Å². The number of hydrogen-bond acceptors (Lipinski definition) is 9. The number of carbonyl (C=O) groups is 6. The lowest BCUT2D eigenvalue weighted by Gasteiger charge is -2.24. The van der Waals surface area contributed by atoms with Gasteiger partial charge in [0.25, 0.3) is 0 Å². The summed E-state index contributed by atoms with van der Waals surface area (Å²) in [6.07, 6.45) is -0.354. The summed E-state index contributed by atoms with van der Waals surface area (Å²) in [5.74, 6) is -3.17. The Kier molecular flexibility index (Phi) is 15.3. The monoisotopic (exact) mass is 669 g/mol. The number of ether oxygens (including phenoxy) is 2. The largest absolute Gasteiger partial charge is 0.508 e. The Balaban J connectivity index is 2.01. The van der Waals surface area contributed by atoms with Crippen molar-refractivity contribution in [1.29, 1.82) is 0 Å². The van der Waals surface area contributed by atoms with Crippen molar-refractivity contribution < 1.29 is 43.3 Å². The fraction of sp³-hybridized carbons (Fsp3) is 0.471. The number of hydrogen-bond donors (Lipinski definition) is 6. The van der Waals surface area contributed by atoms with E-state index in [0.29, 0.717) is 12.0 Å². The molecule has 2 rings (SSSR count). The molecule has 0 aliphatic rings. The van der Waals surface area contributed by atoms with Crippen LogP contribution >= 0.6 is 0 Å². The Morgan fingerprint density at radius 1 is 0.708 bits per heavy atom. The number of esters is 1. The van der Waals surface area contributed by atoms with Crippen molar-refractivity contribution >= 4 is 35.7 Å². The van der Waals surface area contributed by atoms with Gasteiger partial charge in [-0.15, -0.1) is 0 Å². The number of aromatic hydroxyl groups is 1. The van der Waals surface area contributed by atoms with Gasteiger partial charge in [0.1, 0.15) is 29.5 Å². The summed E-state index contributed by atoms with van der Waals surface area (Å²) in [6, 6.07) is 11.9. The number of amides is 5. The number of phenolic OH excluding ortho intramolecular Hbond substituents is 1. The first kappa shape index (κ1) is 39.0. The second-order valence-corrected chi connectivity index (χ2v) is 12.6. The zero-order valence-corrected chi connectivity index (χ0v) is 28.3. The first-order valence-corrected chi connectivity index (χ1v) is 15.6. The maximum absolute atomic E-state index is 13.3. The topological polar surface area (TPSA) is 201 Å². The minimum atomic E-state index is -1.12. The highest BCUT2D eigenvalue weighted by Gasteiger charge is 2.29. The smallest absolute Gasteiger partial charge is 0.408 e. The average Bonchev–Trinajstić information content (AvgIpc) is 3.01. The van der Waals surface area contributed by atoms with Crippen LogP contribution in [0.1, 0.15) is 52.2 Å². The summed E-state index contributed by atoms with van der Waals surface area (Å²) >= 11 is 0. The second-order valence-electron chi connectivity index (χ2n) is 12.6. The number of benzene rings is 2. The third-order valence-corrected chi connectivity index (χ3v) is 6.70. The van der Waals surface area contributed by atoms with Gasteiger partial charge in [-0.05, 0) is 56.4 Å². The van der Waals surface area contributed by atoms with Crippen LogP contribution in [0.5, 0.6) is 5.75 Å². The van der Waals surface area contributed by atoms with Crippen molar-refractivity contribution in [3.63, 3.8) is 0 Å². The van der Waals surface area contributed by atoms with Gasteiger partial charge in [-0.3, -0.25) is 19.2 Å². The summed E-state index contributed by atoms with van der Waals surface area (Å²) in [5.41, 5.74) is 0.563. The molecule has 14 heteroatoms. The molecule has 0 saturated carbocycles. The number of phenols is 1. The highest BCUT2D eigenvalue weighted by Crippen LogP contribution is 2.13. The first-order valence-electron chi connectivity index (χ1n) is 15.6. The van der Waals surface area contributed by atoms with Crippen molar-refractivity contribution in [2.24, 2.45) is 5.92 Å². The molecule has 0 spiro atoms. The van der Waals surface area contributed by atoms with Gasteiger partial charge in [-0.1, -0.05) is 56.3 Å². The molecule has 0 bridgehead atoms. The van der Waals surface area contributed by atoms with Crippen LogP contribution in [0.25, 0.3) is 0 Å². The van der Waals surface area contributed by atoms with E-state index in [9.17, 15) is 33.9 Å². The molecule has 0 saturated heterocycles. The van der Waals surface area contributed by atoms with E-state index in [4.69, 9.17) is 9.47 Å². The molecule has 48 heavy (non-hydrogen) atoms. The van der Waals surface area contributed by atoms with Crippen LogP contribution in [-0.4, -0.2) is 84.7 Å². The Hall–Kier alpha value is -5.14. The Morgan fingerprint density at radius 3 is 1.83 bits per heavy atom. The number of rotatable bonds is 16. The quantitative estimate of drug-likeness (QED) is 0.143. The van der Waals surface area contributed by atoms with E-state index in [0.717, 1.165) is 5.56 Å². The molecule has 2 aromatic rings. The molecule has 0 aromatic heterocycles. The van der Waals surface area contributed by atoms with Crippen molar-refractivity contribution in [3.05, 3.63) is 65.7 Å². The van der Waals surface area contributed by atoms with E-state index in [1.807, 2.05) is 19.9 Å². The lowest BCUT2D eigenvalue weighted by atomic mass is 10.0. The van der Waals surface area contributed by atoms with E-state index in [2.05, 4.69) is 26.6 Å². The number of alkyl carbamates (subject to hydrolysis) is 1. The molecule has 0 fully saturated rings. The third kappa shape index (κ3) is 15.0. The molecule has 5 amide bonds. The highest BCUT2D eigenvalue weighted by molar-refractivity contribution is 5.93. The van der Waals surface area contributed by atoms with Crippen molar-refractivity contribution in [1.82, 2.24) is 26.6 Å². The molecule has 0 radical (unpaired) electrons. The molecule has 0 unspecified atom stereocenters. The summed E-state index contributed by atoms with van der Waals surface area (Å²) < 4.78 is 10.1. The molecular formula is C34H47N5O9. The molecule has 14 nitrogen and oxygen atoms in total. The summed E-state index contributed by atoms with van der Waals surface area (Å²) in [6.45, 7) is 7.78. The van der Waals surface area contributed by atoms with Crippen LogP contribution in [0.15, 0.2) is 54.6 Å². The summed E-state index contributed by atoms with van der Waals surface area (Å²) in [5, 5.41) is 22.2. The van der Waals surface area contributed by atoms with Crippen molar-refractivity contribution in [2.75, 3.05) is 20.2 Å². The second kappa shape index (κ2) is 18.9. The van der Waals surface area contributed by atoms with E-state index in [-0.39, 0.29) is 24.5 Å². The predicted octanol–water partition coefficient (Wildman–Crippen LogP) is 1.49. The van der Waals surface area contributed by atoms with Crippen LogP contribution in [0.2, 0.25) is 0 Å². The minimum absolute atomic E-state index is 0.0316. The van der Waals surface area contributed by atoms with Gasteiger partial charge in [0, 0.05) is 12.8 Å². The third-order valence-electron chi connectivity index (χ3n) is 6.70. The first-order chi connectivity index (χ1) is 22.6. The van der Waals surface area contributed by atoms with Gasteiger partial charge < -0.3 is 41.2 Å². The van der Waals surface area contributed by atoms with E-state index in [1.54, 1.807) is 57.2 Å². The molecular weight excluding hydrogens is 622 g/mol. The lowest BCUT2D eigenvalue weighted by Crippen LogP contribution is -2.54. The summed E-state index contributed by atoms with van der Waals surface area (Å²) in [7, 11) is 1.23. The molecule has 0 aliphatic heterocycles. The normalized spacial score (nSPS) is 12.9. The van der Waals surface area contributed by atoms with Crippen LogP contribution in [0, 0.1) is 5.92 Å². The molecule has 2 aromatic carbocycles. The SMILES string of the molecule is COC(=O)[C@H](CC(C)C)NC(=O)[C@H](Cc1ccccc1)NC(=O)CNC(=O)CNC(=O)[C@H](Cc1ccc(O)cc1)NC(=O)OC(C)(C)C. The minimum Gasteiger partial charge on any atom is -0.508 e. The number of carbonyl (C=O) groups excluding carboxylic acids is 6. The number of nitrogens with one attached hydrogen (secondary N) is 5. The molecule has 6 N–H and O–H groups in total. The maximum Gasteiger partial charge on any atom is 0.408 e. The van der Waals surface area contributed by atoms with Gasteiger partial charge in [0.05, 0.1) is 20.2 Å². The molecule has 262 valence electrons. The Bertz CT molecular complexity index is 1390. The molecule has 0 aliphatic carbocycles. The Morgan fingerprint density at radius 2 is 1.27 bits per heavy atom. The van der Waals surface area contributed by atoms with E-state index >= 15 is 0 Å². The lowest BCUT2D eigenvalue weighted by molar-refractivity contribution is -0.145. The fourth-order valence-electron chi connectivity index (χ4n) is 4.46. The predicted molar refractivity (Wildman–Crippen MR) is 176 cm³/mol. The summed E-state index contributed by atoms with van der Waals surface area (Å²) in [4.78, 5) is 76.4. The van der Waals surface area contributed by atoms with Crippen molar-refractivity contribution in [2.45, 2.75) is 77.6 Å². The van der Waals surface area contributed by atoms with Crippen LogP contribution in [0.4, 0.5) is 4.79 Å². The highest BCUT2D eigenvalue weighted by atomic mass is 16.6. The van der Waals surface area contributed by atoms with Crippen LogP contribution < -0.4 is 26.6 Å². The van der Waals surface area contributed by atoms with Gasteiger partial charge >= 0.3 is 12.1 Å². The zero-order chi connectivity index (χ0) is 35.9.